The van der Waals surface area contributed by atoms with E-state index in [9.17, 15) is 8.42 Å². The molecule has 2 rings (SSSR count). The van der Waals surface area contributed by atoms with Crippen LogP contribution < -0.4 is 0 Å². The molecule has 1 saturated heterocycles. The molecule has 1 aliphatic heterocycles. The number of sulfonamides is 1. The summed E-state index contributed by atoms with van der Waals surface area (Å²) < 4.78 is 27.0. The molecule has 3 nitrogen and oxygen atoms in total. The van der Waals surface area contributed by atoms with E-state index in [1.165, 1.54) is 11.3 Å². The van der Waals surface area contributed by atoms with Gasteiger partial charge < -0.3 is 0 Å². The predicted molar refractivity (Wildman–Crippen MR) is 75.8 cm³/mol. The maximum atomic E-state index is 12.7. The Morgan fingerprint density at radius 2 is 1.89 bits per heavy atom. The van der Waals surface area contributed by atoms with Crippen molar-refractivity contribution >= 4 is 33.0 Å². The third-order valence-corrected chi connectivity index (χ3v) is 7.06. The van der Waals surface area contributed by atoms with Gasteiger partial charge in [0.1, 0.15) is 4.90 Å². The van der Waals surface area contributed by atoms with Gasteiger partial charge in [0.25, 0.3) is 0 Å². The van der Waals surface area contributed by atoms with Crippen LogP contribution in [0.25, 0.3) is 0 Å². The summed E-state index contributed by atoms with van der Waals surface area (Å²) in [7, 11) is -3.36. The number of alkyl halides is 1. The van der Waals surface area contributed by atoms with Crippen LogP contribution in [-0.2, 0) is 15.9 Å². The lowest BCUT2D eigenvalue weighted by atomic mass is 10.2. The van der Waals surface area contributed by atoms with Crippen LogP contribution >= 0.6 is 22.9 Å². The highest BCUT2D eigenvalue weighted by atomic mass is 35.5. The maximum Gasteiger partial charge on any atom is 0.244 e. The Kier molecular flexibility index (Phi) is 4.69. The number of thiophene rings is 1. The van der Waals surface area contributed by atoms with Gasteiger partial charge in [-0.1, -0.05) is 12.8 Å². The first-order chi connectivity index (χ1) is 8.57. The van der Waals surface area contributed by atoms with Gasteiger partial charge in [-0.05, 0) is 30.7 Å². The quantitative estimate of drug-likeness (QED) is 0.803. The molecule has 1 aromatic heterocycles. The Bertz CT molecular complexity index is 502. The molecule has 2 heterocycles. The Balaban J connectivity index is 2.37. The Labute approximate surface area is 118 Å². The van der Waals surface area contributed by atoms with Crippen LogP contribution in [0.3, 0.4) is 0 Å². The minimum Gasteiger partial charge on any atom is -0.207 e. The lowest BCUT2D eigenvalue weighted by Gasteiger charge is -2.20. The van der Waals surface area contributed by atoms with E-state index >= 15 is 0 Å². The Morgan fingerprint density at radius 3 is 2.44 bits per heavy atom. The van der Waals surface area contributed by atoms with Gasteiger partial charge in [0.15, 0.2) is 0 Å². The summed E-state index contributed by atoms with van der Waals surface area (Å²) in [4.78, 5) is 1.21. The molecular weight excluding hydrogens is 290 g/mol. The van der Waals surface area contributed by atoms with Gasteiger partial charge in [-0.3, -0.25) is 0 Å². The van der Waals surface area contributed by atoms with Gasteiger partial charge in [0, 0.05) is 18.0 Å². The monoisotopic (exact) mass is 307 g/mol. The minimum atomic E-state index is -3.36. The van der Waals surface area contributed by atoms with Crippen LogP contribution in [-0.4, -0.2) is 25.8 Å². The van der Waals surface area contributed by atoms with Crippen LogP contribution in [0.4, 0.5) is 0 Å². The summed E-state index contributed by atoms with van der Waals surface area (Å²) >= 11 is 7.28. The average molecular weight is 308 g/mol. The summed E-state index contributed by atoms with van der Waals surface area (Å²) in [6.45, 7) is 3.12. The third-order valence-electron chi connectivity index (χ3n) is 3.27. The zero-order chi connectivity index (χ0) is 13.2. The number of halogens is 1. The molecule has 0 N–H and O–H groups in total. The van der Waals surface area contributed by atoms with Crippen molar-refractivity contribution in [1.29, 1.82) is 0 Å². The SMILES string of the molecule is Cc1csc(CCl)c1S(=O)(=O)N1CCCCCC1. The Morgan fingerprint density at radius 1 is 1.28 bits per heavy atom. The van der Waals surface area contributed by atoms with Crippen molar-refractivity contribution in [3.63, 3.8) is 0 Å². The molecule has 0 amide bonds. The largest absolute Gasteiger partial charge is 0.244 e. The van der Waals surface area contributed by atoms with E-state index in [4.69, 9.17) is 11.6 Å². The van der Waals surface area contributed by atoms with Gasteiger partial charge in [-0.2, -0.15) is 4.31 Å². The summed E-state index contributed by atoms with van der Waals surface area (Å²) in [6, 6.07) is 0. The van der Waals surface area contributed by atoms with Crippen LogP contribution in [0.15, 0.2) is 10.3 Å². The van der Waals surface area contributed by atoms with E-state index in [1.54, 1.807) is 4.31 Å². The maximum absolute atomic E-state index is 12.7. The van der Waals surface area contributed by atoms with Crippen molar-refractivity contribution in [2.75, 3.05) is 13.1 Å². The lowest BCUT2D eigenvalue weighted by molar-refractivity contribution is 0.423. The first-order valence-corrected chi connectivity index (χ1v) is 9.06. The third kappa shape index (κ3) is 2.74. The van der Waals surface area contributed by atoms with Crippen LogP contribution in [0.1, 0.15) is 36.1 Å². The average Bonchev–Trinajstić information content (AvgIpc) is 2.56. The van der Waals surface area contributed by atoms with E-state index in [2.05, 4.69) is 0 Å². The lowest BCUT2D eigenvalue weighted by Crippen LogP contribution is -2.32. The molecule has 0 spiro atoms. The molecule has 0 bridgehead atoms. The van der Waals surface area contributed by atoms with Gasteiger partial charge in [0.2, 0.25) is 10.0 Å². The summed E-state index contributed by atoms with van der Waals surface area (Å²) in [5.74, 6) is 0.265. The minimum absolute atomic E-state index is 0.265. The smallest absolute Gasteiger partial charge is 0.207 e. The fraction of sp³-hybridized carbons (Fsp3) is 0.667. The molecule has 102 valence electrons. The van der Waals surface area contributed by atoms with Gasteiger partial charge in [0.05, 0.1) is 5.88 Å². The van der Waals surface area contributed by atoms with Crippen LogP contribution in [0.5, 0.6) is 0 Å². The molecule has 6 heteroatoms. The fourth-order valence-electron chi connectivity index (χ4n) is 2.34. The molecule has 0 atom stereocenters. The first-order valence-electron chi connectivity index (χ1n) is 6.20. The fourth-order valence-corrected chi connectivity index (χ4v) is 5.86. The summed E-state index contributed by atoms with van der Waals surface area (Å²) in [5.41, 5.74) is 0.819. The molecule has 0 aromatic carbocycles. The van der Waals surface area contributed by atoms with Crippen molar-refractivity contribution < 1.29 is 8.42 Å². The van der Waals surface area contributed by atoms with E-state index in [0.717, 1.165) is 36.1 Å². The summed E-state index contributed by atoms with van der Waals surface area (Å²) in [5, 5.41) is 1.88. The van der Waals surface area contributed by atoms with Crippen molar-refractivity contribution in [3.05, 3.63) is 15.8 Å². The number of nitrogens with zero attached hydrogens (tertiary/aromatic N) is 1. The van der Waals surface area contributed by atoms with E-state index in [0.29, 0.717) is 18.0 Å². The number of aryl methyl sites for hydroxylation is 1. The van der Waals surface area contributed by atoms with Gasteiger partial charge in [-0.25, -0.2) is 8.42 Å². The second-order valence-electron chi connectivity index (χ2n) is 4.62. The van der Waals surface area contributed by atoms with Crippen molar-refractivity contribution in [1.82, 2.24) is 4.31 Å². The van der Waals surface area contributed by atoms with Crippen LogP contribution in [0.2, 0.25) is 0 Å². The second-order valence-corrected chi connectivity index (χ2v) is 7.73. The number of hydrogen-bond acceptors (Lipinski definition) is 3. The second kappa shape index (κ2) is 5.90. The normalized spacial score (nSPS) is 18.8. The van der Waals surface area contributed by atoms with E-state index in [1.807, 2.05) is 12.3 Å². The predicted octanol–water partition coefficient (Wildman–Crippen LogP) is 3.36. The molecule has 1 aromatic rings. The molecule has 0 saturated carbocycles. The Hall–Kier alpha value is -0.100. The van der Waals surface area contributed by atoms with Crippen molar-refractivity contribution in [2.45, 2.75) is 43.4 Å². The molecule has 0 aliphatic carbocycles. The van der Waals surface area contributed by atoms with Crippen molar-refractivity contribution in [3.8, 4) is 0 Å². The molecule has 18 heavy (non-hydrogen) atoms. The topological polar surface area (TPSA) is 37.4 Å². The number of hydrogen-bond donors (Lipinski definition) is 0. The van der Waals surface area contributed by atoms with Gasteiger partial charge in [-0.15, -0.1) is 22.9 Å². The van der Waals surface area contributed by atoms with E-state index < -0.39 is 10.0 Å². The number of rotatable bonds is 3. The van der Waals surface area contributed by atoms with Crippen LogP contribution in [0, 0.1) is 6.92 Å². The molecule has 1 aliphatic rings. The van der Waals surface area contributed by atoms with Gasteiger partial charge >= 0.3 is 0 Å². The molecular formula is C12H18ClNO2S2. The first kappa shape index (κ1) is 14.3. The zero-order valence-electron chi connectivity index (χ0n) is 10.5. The highest BCUT2D eigenvalue weighted by molar-refractivity contribution is 7.89. The molecule has 1 fully saturated rings. The summed E-state index contributed by atoms with van der Waals surface area (Å²) in [6.07, 6.45) is 4.16. The highest BCUT2D eigenvalue weighted by Crippen LogP contribution is 2.31. The molecule has 0 unspecified atom stereocenters. The highest BCUT2D eigenvalue weighted by Gasteiger charge is 2.29. The molecule has 0 radical (unpaired) electrons. The van der Waals surface area contributed by atoms with Crippen molar-refractivity contribution in [2.24, 2.45) is 0 Å². The van der Waals surface area contributed by atoms with E-state index in [-0.39, 0.29) is 5.88 Å². The zero-order valence-corrected chi connectivity index (χ0v) is 12.9. The standard InChI is InChI=1S/C12H18ClNO2S2/c1-10-9-17-11(8-13)12(10)18(15,16)14-6-4-2-3-5-7-14/h9H,2-8H2,1H3.